The molecule has 7 heteroatoms. The second-order valence-electron chi connectivity index (χ2n) is 8.63. The molecule has 2 aliphatic rings. The van der Waals surface area contributed by atoms with Crippen LogP contribution in [0.5, 0.6) is 0 Å². The minimum absolute atomic E-state index is 0.0238. The molecule has 0 radical (unpaired) electrons. The number of morpholine rings is 1. The predicted molar refractivity (Wildman–Crippen MR) is 127 cm³/mol. The lowest BCUT2D eigenvalue weighted by Crippen LogP contribution is -2.38. The van der Waals surface area contributed by atoms with Crippen LogP contribution in [0.4, 0.5) is 0 Å². The number of pyridine rings is 1. The Bertz CT molecular complexity index is 936. The van der Waals surface area contributed by atoms with E-state index in [4.69, 9.17) is 4.74 Å². The number of benzene rings is 1. The minimum atomic E-state index is -0.0344. The Morgan fingerprint density at radius 3 is 2.52 bits per heavy atom. The molecule has 1 saturated carbocycles. The van der Waals surface area contributed by atoms with E-state index in [-0.39, 0.29) is 11.8 Å². The van der Waals surface area contributed by atoms with E-state index < -0.39 is 0 Å². The van der Waals surface area contributed by atoms with Gasteiger partial charge < -0.3 is 15.0 Å². The minimum Gasteiger partial charge on any atom is -0.379 e. The Hall–Kier alpha value is -3.03. The summed E-state index contributed by atoms with van der Waals surface area (Å²) in [4.78, 5) is 33.5. The van der Waals surface area contributed by atoms with Gasteiger partial charge in [-0.25, -0.2) is 0 Å². The van der Waals surface area contributed by atoms with E-state index >= 15 is 0 Å². The molecule has 1 saturated heterocycles. The Labute approximate surface area is 195 Å². The molecule has 1 aromatic carbocycles. The first-order valence-electron chi connectivity index (χ1n) is 11.7. The number of ether oxygens (including phenoxy) is 1. The van der Waals surface area contributed by atoms with Crippen molar-refractivity contribution in [3.8, 4) is 0 Å². The molecular weight excluding hydrogens is 416 g/mol. The molecule has 1 aliphatic carbocycles. The molecule has 2 amide bonds. The van der Waals surface area contributed by atoms with Gasteiger partial charge in [0.25, 0.3) is 5.91 Å². The second-order valence-corrected chi connectivity index (χ2v) is 8.63. The van der Waals surface area contributed by atoms with Crippen molar-refractivity contribution in [1.82, 2.24) is 20.1 Å². The second kappa shape index (κ2) is 11.7. The fourth-order valence-electron chi connectivity index (χ4n) is 3.80. The SMILES string of the molecule is O=C(NC1CC1)c1ccc(/C=C/C(=O)N(CCCN2CCOCC2)Cc2ccncc2)cc1. The van der Waals surface area contributed by atoms with E-state index in [9.17, 15) is 9.59 Å². The van der Waals surface area contributed by atoms with Crippen molar-refractivity contribution in [3.63, 3.8) is 0 Å². The van der Waals surface area contributed by atoms with Crippen LogP contribution in [0.3, 0.4) is 0 Å². The van der Waals surface area contributed by atoms with Gasteiger partial charge in [0.2, 0.25) is 5.91 Å². The molecule has 1 N–H and O–H groups in total. The molecule has 0 atom stereocenters. The third-order valence-electron chi connectivity index (χ3n) is 5.94. The summed E-state index contributed by atoms with van der Waals surface area (Å²) in [6, 6.07) is 11.6. The molecule has 0 spiro atoms. The van der Waals surface area contributed by atoms with Gasteiger partial charge in [-0.1, -0.05) is 12.1 Å². The number of nitrogens with zero attached hydrogens (tertiary/aromatic N) is 3. The molecule has 2 fully saturated rings. The van der Waals surface area contributed by atoms with Crippen LogP contribution in [0.15, 0.2) is 54.9 Å². The molecule has 2 aromatic rings. The van der Waals surface area contributed by atoms with Crippen molar-refractivity contribution in [1.29, 1.82) is 0 Å². The maximum Gasteiger partial charge on any atom is 0.251 e. The van der Waals surface area contributed by atoms with Crippen molar-refractivity contribution < 1.29 is 14.3 Å². The molecule has 0 unspecified atom stereocenters. The fraction of sp³-hybridized carbons (Fsp3) is 0.423. The summed E-state index contributed by atoms with van der Waals surface area (Å²) < 4.78 is 5.41. The number of rotatable bonds is 10. The van der Waals surface area contributed by atoms with Crippen LogP contribution in [0.1, 0.15) is 40.7 Å². The number of carbonyl (C=O) groups is 2. The van der Waals surface area contributed by atoms with Gasteiger partial charge in [0.1, 0.15) is 0 Å². The zero-order valence-electron chi connectivity index (χ0n) is 19.0. The van der Waals surface area contributed by atoms with Gasteiger partial charge in [-0.2, -0.15) is 0 Å². The predicted octanol–water partition coefficient (Wildman–Crippen LogP) is 2.74. The monoisotopic (exact) mass is 448 g/mol. The molecule has 0 bridgehead atoms. The summed E-state index contributed by atoms with van der Waals surface area (Å²) >= 11 is 0. The van der Waals surface area contributed by atoms with Crippen LogP contribution in [0, 0.1) is 0 Å². The van der Waals surface area contributed by atoms with Crippen molar-refractivity contribution >= 4 is 17.9 Å². The summed E-state index contributed by atoms with van der Waals surface area (Å²) in [5, 5.41) is 2.99. The quantitative estimate of drug-likeness (QED) is 0.566. The molecule has 4 rings (SSSR count). The van der Waals surface area contributed by atoms with Crippen LogP contribution >= 0.6 is 0 Å². The lowest BCUT2D eigenvalue weighted by atomic mass is 10.1. The van der Waals surface area contributed by atoms with Gasteiger partial charge in [-0.3, -0.25) is 19.5 Å². The largest absolute Gasteiger partial charge is 0.379 e. The first kappa shape index (κ1) is 23.1. The lowest BCUT2D eigenvalue weighted by molar-refractivity contribution is -0.126. The first-order chi connectivity index (χ1) is 16.2. The third-order valence-corrected chi connectivity index (χ3v) is 5.94. The van der Waals surface area contributed by atoms with E-state index in [2.05, 4.69) is 15.2 Å². The Morgan fingerprint density at radius 1 is 1.09 bits per heavy atom. The Kier molecular flexibility index (Phi) is 8.22. The van der Waals surface area contributed by atoms with E-state index in [1.165, 1.54) is 0 Å². The highest BCUT2D eigenvalue weighted by Crippen LogP contribution is 2.19. The zero-order chi connectivity index (χ0) is 22.9. The highest BCUT2D eigenvalue weighted by atomic mass is 16.5. The summed E-state index contributed by atoms with van der Waals surface area (Å²) in [6.07, 6.45) is 9.98. The van der Waals surface area contributed by atoms with E-state index in [1.54, 1.807) is 30.6 Å². The summed E-state index contributed by atoms with van der Waals surface area (Å²) in [5.74, 6) is -0.0581. The standard InChI is InChI=1S/C26H32N4O3/c31-25(9-4-21-2-5-23(6-3-21)26(32)28-24-7-8-24)30(20-22-10-12-27-13-11-22)15-1-14-29-16-18-33-19-17-29/h2-6,9-13,24H,1,7-8,14-20H2,(H,28,32)/b9-4+. The van der Waals surface area contributed by atoms with Crippen LogP contribution in [0.2, 0.25) is 0 Å². The van der Waals surface area contributed by atoms with Gasteiger partial charge in [0.05, 0.1) is 13.2 Å². The normalized spacial score (nSPS) is 16.6. The smallest absolute Gasteiger partial charge is 0.251 e. The molecule has 7 nitrogen and oxygen atoms in total. The van der Waals surface area contributed by atoms with E-state index in [0.29, 0.717) is 24.7 Å². The number of nitrogens with one attached hydrogen (secondary N) is 1. The maximum absolute atomic E-state index is 13.0. The highest BCUT2D eigenvalue weighted by Gasteiger charge is 2.23. The molecule has 174 valence electrons. The van der Waals surface area contributed by atoms with Crippen molar-refractivity contribution in [2.45, 2.75) is 31.8 Å². The number of carbonyl (C=O) groups excluding carboxylic acids is 2. The van der Waals surface area contributed by atoms with Crippen LogP contribution in [0.25, 0.3) is 6.08 Å². The molecular formula is C26H32N4O3. The first-order valence-corrected chi connectivity index (χ1v) is 11.7. The van der Waals surface area contributed by atoms with Crippen LogP contribution in [-0.2, 0) is 16.1 Å². The topological polar surface area (TPSA) is 74.8 Å². The number of amides is 2. The molecule has 33 heavy (non-hydrogen) atoms. The van der Waals surface area contributed by atoms with Crippen molar-refractivity contribution in [2.24, 2.45) is 0 Å². The molecule has 1 aromatic heterocycles. The zero-order valence-corrected chi connectivity index (χ0v) is 19.0. The van der Waals surface area contributed by atoms with Gasteiger partial charge >= 0.3 is 0 Å². The number of hydrogen-bond acceptors (Lipinski definition) is 5. The van der Waals surface area contributed by atoms with E-state index in [1.807, 2.05) is 35.2 Å². The summed E-state index contributed by atoms with van der Waals surface area (Å²) in [5.41, 5.74) is 2.60. The average molecular weight is 449 g/mol. The lowest BCUT2D eigenvalue weighted by Gasteiger charge is -2.28. The Morgan fingerprint density at radius 2 is 1.82 bits per heavy atom. The maximum atomic E-state index is 13.0. The summed E-state index contributed by atoms with van der Waals surface area (Å²) in [6.45, 7) is 5.66. The van der Waals surface area contributed by atoms with Crippen molar-refractivity contribution in [2.75, 3.05) is 39.4 Å². The van der Waals surface area contributed by atoms with Gasteiger partial charge in [-0.05, 0) is 60.7 Å². The number of aromatic nitrogens is 1. The van der Waals surface area contributed by atoms with Crippen LogP contribution < -0.4 is 5.32 Å². The average Bonchev–Trinajstić information content (AvgIpc) is 3.67. The van der Waals surface area contributed by atoms with Gasteiger partial charge in [0, 0.05) is 62.8 Å². The van der Waals surface area contributed by atoms with Gasteiger partial charge in [0.15, 0.2) is 0 Å². The molecule has 2 heterocycles. The van der Waals surface area contributed by atoms with Crippen LogP contribution in [-0.4, -0.2) is 72.0 Å². The van der Waals surface area contributed by atoms with Gasteiger partial charge in [-0.15, -0.1) is 0 Å². The fourth-order valence-corrected chi connectivity index (χ4v) is 3.80. The Balaban J connectivity index is 1.34. The van der Waals surface area contributed by atoms with Crippen molar-refractivity contribution in [3.05, 3.63) is 71.6 Å². The summed E-state index contributed by atoms with van der Waals surface area (Å²) in [7, 11) is 0. The number of hydrogen-bond donors (Lipinski definition) is 1. The third kappa shape index (κ3) is 7.51. The highest BCUT2D eigenvalue weighted by molar-refractivity contribution is 5.95. The molecule has 1 aliphatic heterocycles. The van der Waals surface area contributed by atoms with E-state index in [0.717, 1.165) is 63.2 Å².